The van der Waals surface area contributed by atoms with Crippen LogP contribution in [0.2, 0.25) is 0 Å². The van der Waals surface area contributed by atoms with E-state index in [1.165, 1.54) is 35.2 Å². The first-order chi connectivity index (χ1) is 24.3. The molecule has 5 unspecified atom stereocenters. The second kappa shape index (κ2) is 14.1. The second-order valence-corrected chi connectivity index (χ2v) is 15.9. The number of aromatic nitrogens is 8. The van der Waals surface area contributed by atoms with Crippen molar-refractivity contribution >= 4 is 57.6 Å². The summed E-state index contributed by atoms with van der Waals surface area (Å²) < 4.78 is 69.7. The normalized spacial score (nSPS) is 30.0. The Bertz CT molecular complexity index is 2180. The first kappa shape index (κ1) is 38.4. The summed E-state index contributed by atoms with van der Waals surface area (Å²) >= 11 is 0. The molecule has 0 spiro atoms. The molecule has 0 bridgehead atoms. The second-order valence-electron chi connectivity index (χ2n) is 11.3. The van der Waals surface area contributed by atoms with Gasteiger partial charge in [-0.3, -0.25) is 23.4 Å². The zero-order valence-corrected chi connectivity index (χ0v) is 29.2. The van der Waals surface area contributed by atoms with Gasteiger partial charge in [-0.1, -0.05) is 0 Å². The van der Waals surface area contributed by atoms with Crippen molar-refractivity contribution in [1.82, 2.24) is 34.1 Å². The Labute approximate surface area is 289 Å². The summed E-state index contributed by atoms with van der Waals surface area (Å²) in [5.41, 5.74) is 5.44. The topological polar surface area (TPSA) is 384 Å². The van der Waals surface area contributed by atoms with Crippen LogP contribution in [0.1, 0.15) is 12.5 Å². The third-order valence-electron chi connectivity index (χ3n) is 7.82. The highest BCUT2D eigenvalue weighted by Gasteiger charge is 2.50. The molecule has 2 fully saturated rings. The van der Waals surface area contributed by atoms with Gasteiger partial charge < -0.3 is 55.6 Å². The van der Waals surface area contributed by atoms with Gasteiger partial charge in [0.15, 0.2) is 17.7 Å². The summed E-state index contributed by atoms with van der Waals surface area (Å²) in [5, 5.41) is 45.0. The number of nitrogens with two attached hydrogens (primary N) is 1. The number of aromatic amines is 1. The number of rotatable bonds is 13. The summed E-state index contributed by atoms with van der Waals surface area (Å²) in [5.74, 6) is 0.0770. The molecule has 4 aromatic heterocycles. The number of ether oxygens (including phenoxy) is 2. The van der Waals surface area contributed by atoms with Crippen LogP contribution in [0, 0.1) is 0 Å². The van der Waals surface area contributed by atoms with E-state index < -0.39 is 91.3 Å². The van der Waals surface area contributed by atoms with E-state index in [1.807, 2.05) is 0 Å². The van der Waals surface area contributed by atoms with E-state index in [0.29, 0.717) is 11.3 Å². The number of aryl methyl sites for hydroxylation is 1. The van der Waals surface area contributed by atoms with Gasteiger partial charge >= 0.3 is 29.0 Å². The Morgan fingerprint density at radius 1 is 0.885 bits per heavy atom. The summed E-state index contributed by atoms with van der Waals surface area (Å²) in [7, 11) is -14.2. The van der Waals surface area contributed by atoms with Gasteiger partial charge in [-0.15, -0.1) is 0 Å². The minimum atomic E-state index is -5.97. The van der Waals surface area contributed by atoms with E-state index >= 15 is 0 Å². The van der Waals surface area contributed by atoms with Crippen molar-refractivity contribution in [3.8, 4) is 0 Å². The van der Waals surface area contributed by atoms with Gasteiger partial charge in [0.05, 0.1) is 26.6 Å². The summed E-state index contributed by atoms with van der Waals surface area (Å²) in [6.45, 7) is -2.09. The Morgan fingerprint density at radius 2 is 1.44 bits per heavy atom. The number of hydrogen-bond acceptors (Lipinski definition) is 20. The molecule has 2 aliphatic rings. The Morgan fingerprint density at radius 3 is 2.00 bits per heavy atom. The number of phosphoric acid groups is 3. The van der Waals surface area contributed by atoms with Crippen LogP contribution in [-0.4, -0.2) is 126 Å². The van der Waals surface area contributed by atoms with E-state index in [2.05, 4.69) is 47.9 Å². The fourth-order valence-electron chi connectivity index (χ4n) is 5.53. The molecule has 27 nitrogen and oxygen atoms in total. The lowest BCUT2D eigenvalue weighted by molar-refractivity contribution is -0.646. The molecular formula is C22H32N10O17P3+. The van der Waals surface area contributed by atoms with E-state index in [9.17, 15) is 53.6 Å². The maximum atomic E-state index is 12.5. The smallest absolute Gasteiger partial charge is 0.387 e. The van der Waals surface area contributed by atoms with Gasteiger partial charge in [-0.25, -0.2) is 33.2 Å². The number of aliphatic hydroxyl groups is 4. The Hall–Kier alpha value is -3.33. The van der Waals surface area contributed by atoms with Crippen LogP contribution in [-0.2, 0) is 47.9 Å². The minimum absolute atomic E-state index is 0.0205. The largest absolute Gasteiger partial charge is 0.490 e. The number of nitrogens with one attached hydrogen (secondary N) is 2. The van der Waals surface area contributed by atoms with Crippen LogP contribution in [0.4, 0.5) is 11.8 Å². The number of hydrogen-bond donors (Lipinski definition) is 10. The van der Waals surface area contributed by atoms with Crippen molar-refractivity contribution in [1.29, 1.82) is 0 Å². The van der Waals surface area contributed by atoms with Crippen molar-refractivity contribution in [2.24, 2.45) is 7.05 Å². The Kier molecular flexibility index (Phi) is 10.4. The van der Waals surface area contributed by atoms with Crippen LogP contribution >= 0.6 is 23.5 Å². The van der Waals surface area contributed by atoms with Crippen molar-refractivity contribution in [2.75, 3.05) is 31.3 Å². The summed E-state index contributed by atoms with van der Waals surface area (Å²) in [6, 6.07) is 0. The molecule has 6 heterocycles. The van der Waals surface area contributed by atoms with E-state index in [0.717, 1.165) is 4.57 Å². The monoisotopic (exact) mass is 801 g/mol. The maximum absolute atomic E-state index is 12.5. The summed E-state index contributed by atoms with van der Waals surface area (Å²) in [6.07, 6.45) is -9.07. The maximum Gasteiger partial charge on any atom is 0.490 e. The summed E-state index contributed by atoms with van der Waals surface area (Å²) in [4.78, 5) is 60.9. The van der Waals surface area contributed by atoms with Crippen molar-refractivity contribution in [3.63, 3.8) is 0 Å². The van der Waals surface area contributed by atoms with Gasteiger partial charge in [0.25, 0.3) is 11.2 Å². The van der Waals surface area contributed by atoms with Crippen LogP contribution < -0.4 is 21.2 Å². The quantitative estimate of drug-likeness (QED) is 0.0465. The molecule has 52 heavy (non-hydrogen) atoms. The number of phosphoric ester groups is 2. The molecular weight excluding hydrogens is 769 g/mol. The Balaban J connectivity index is 1.04. The molecule has 4 aromatic rings. The molecule has 0 saturated carbocycles. The van der Waals surface area contributed by atoms with Crippen molar-refractivity contribution in [3.05, 3.63) is 29.3 Å². The SMILES string of the molecule is CNc1ncnc2c1ncn2[C@@H]1O[C@H](COP(=O)(O)OP(=O)(O)OP(=O)(O)OC[C@H]2O[C@@H](n3c[n+](C)c4c(=O)[nH]c(N)nc43)[C@@H](O)C2O)C(O)[C@@H]1O. The lowest BCUT2D eigenvalue weighted by Gasteiger charge is -2.21. The van der Waals surface area contributed by atoms with Gasteiger partial charge in [0.1, 0.15) is 48.5 Å². The third-order valence-corrected chi connectivity index (χ3v) is 12.1. The van der Waals surface area contributed by atoms with Crippen LogP contribution in [0.15, 0.2) is 23.8 Å². The molecule has 0 aliphatic carbocycles. The van der Waals surface area contributed by atoms with E-state index in [1.54, 1.807) is 7.05 Å². The molecule has 30 heteroatoms. The van der Waals surface area contributed by atoms with E-state index in [-0.39, 0.29) is 22.8 Å². The average molecular weight is 801 g/mol. The fourth-order valence-corrected chi connectivity index (χ4v) is 9.05. The van der Waals surface area contributed by atoms with Crippen molar-refractivity contribution in [2.45, 2.75) is 49.1 Å². The van der Waals surface area contributed by atoms with Crippen molar-refractivity contribution < 1.29 is 80.5 Å². The zero-order valence-electron chi connectivity index (χ0n) is 26.5. The number of fused-ring (bicyclic) bond motifs is 2. The number of H-pyrrole nitrogens is 1. The number of aliphatic hydroxyl groups excluding tert-OH is 4. The predicted molar refractivity (Wildman–Crippen MR) is 166 cm³/mol. The zero-order chi connectivity index (χ0) is 37.9. The average Bonchev–Trinajstić information content (AvgIpc) is 3.77. The molecule has 2 aliphatic heterocycles. The van der Waals surface area contributed by atoms with Crippen LogP contribution in [0.3, 0.4) is 0 Å². The number of anilines is 2. The first-order valence-electron chi connectivity index (χ1n) is 14.7. The molecule has 11 atom stereocenters. The van der Waals surface area contributed by atoms with E-state index in [4.69, 9.17) is 15.2 Å². The molecule has 2 saturated heterocycles. The highest BCUT2D eigenvalue weighted by atomic mass is 31.3. The highest BCUT2D eigenvalue weighted by molar-refractivity contribution is 7.66. The third kappa shape index (κ3) is 7.53. The van der Waals surface area contributed by atoms with Crippen LogP contribution in [0.25, 0.3) is 22.3 Å². The predicted octanol–water partition coefficient (Wildman–Crippen LogP) is -3.38. The molecule has 286 valence electrons. The number of nitrogen functional groups attached to an aromatic ring is 1. The first-order valence-corrected chi connectivity index (χ1v) is 19.1. The molecule has 11 N–H and O–H groups in total. The molecule has 0 radical (unpaired) electrons. The lowest BCUT2D eigenvalue weighted by Crippen LogP contribution is -2.34. The number of imidazole rings is 2. The van der Waals surface area contributed by atoms with Gasteiger partial charge in [0, 0.05) is 7.05 Å². The lowest BCUT2D eigenvalue weighted by atomic mass is 10.1. The molecule has 6 rings (SSSR count). The fraction of sp³-hybridized carbons (Fsp3) is 0.545. The number of nitrogens with zero attached hydrogens (tertiary/aromatic N) is 7. The molecule has 0 aromatic carbocycles. The van der Waals surface area contributed by atoms with Gasteiger partial charge in [-0.2, -0.15) is 18.2 Å². The highest BCUT2D eigenvalue weighted by Crippen LogP contribution is 2.67. The van der Waals surface area contributed by atoms with Gasteiger partial charge in [-0.05, 0) is 0 Å². The molecule has 0 amide bonds. The van der Waals surface area contributed by atoms with Gasteiger partial charge in [0.2, 0.25) is 18.5 Å². The minimum Gasteiger partial charge on any atom is -0.387 e. The standard InChI is InChI=1S/C22H31N10O17P3/c1-24-16-10-17(26-5-25-16)31(6-27-10)20-14(35)12(33)8(46-20)3-44-50(38,39)48-52(42,43)49-51(40,41)45-4-9-13(34)15(36)21(47-9)32-7-30(2)11-18(32)28-22(23)29-19(11)37/h5-9,12-15,20-21,33-36H,3-4H2,1-2H3,(H6-,23,24,25,26,28,29,37,38,39,40,41,42,43)/p+1/t8-,9-,12?,13?,14+,15+,20-,21-/m1/s1. The van der Waals surface area contributed by atoms with Crippen LogP contribution in [0.5, 0.6) is 0 Å².